The number of amides is 3. The molecule has 180 valence electrons. The summed E-state index contributed by atoms with van der Waals surface area (Å²) in [5.41, 5.74) is 7.89. The van der Waals surface area contributed by atoms with Gasteiger partial charge in [-0.2, -0.15) is 0 Å². The third-order valence-corrected chi connectivity index (χ3v) is 9.29. The number of thioether (sulfide) groups is 1. The highest BCUT2D eigenvalue weighted by Gasteiger charge is 2.55. The summed E-state index contributed by atoms with van der Waals surface area (Å²) in [5, 5.41) is 6.58. The van der Waals surface area contributed by atoms with Crippen molar-refractivity contribution in [1.29, 1.82) is 0 Å². The fraction of sp³-hybridized carbons (Fsp3) is 0.625. The normalized spacial score (nSPS) is 31.5. The molecular formula is C24H33ClN4O3S. The minimum Gasteiger partial charge on any atom is -0.368 e. The van der Waals surface area contributed by atoms with Gasteiger partial charge >= 0.3 is 0 Å². The van der Waals surface area contributed by atoms with E-state index in [0.29, 0.717) is 12.8 Å². The van der Waals surface area contributed by atoms with Gasteiger partial charge in [0.2, 0.25) is 17.7 Å². The lowest BCUT2D eigenvalue weighted by Crippen LogP contribution is -2.57. The Morgan fingerprint density at radius 2 is 2.06 bits per heavy atom. The van der Waals surface area contributed by atoms with Crippen LogP contribution >= 0.6 is 23.4 Å². The number of carbonyl (C=O) groups excluding carboxylic acids is 3. The second kappa shape index (κ2) is 9.12. The highest BCUT2D eigenvalue weighted by Crippen LogP contribution is 2.52. The number of hydrogen-bond donors (Lipinski definition) is 3. The molecule has 9 heteroatoms. The maximum absolute atomic E-state index is 13.8. The summed E-state index contributed by atoms with van der Waals surface area (Å²) in [7, 11) is 1.71. The smallest absolute Gasteiger partial charge is 0.246 e. The Morgan fingerprint density at radius 1 is 1.33 bits per heavy atom. The molecule has 3 amide bonds. The van der Waals surface area contributed by atoms with Gasteiger partial charge in [-0.25, -0.2) is 0 Å². The van der Waals surface area contributed by atoms with Crippen LogP contribution in [0.25, 0.3) is 0 Å². The highest BCUT2D eigenvalue weighted by molar-refractivity contribution is 8.00. The first-order valence-electron chi connectivity index (χ1n) is 11.6. The van der Waals surface area contributed by atoms with Gasteiger partial charge in [0.05, 0.1) is 11.4 Å². The zero-order chi connectivity index (χ0) is 24.1. The molecule has 2 fully saturated rings. The lowest BCUT2D eigenvalue weighted by molar-refractivity contribution is -0.142. The van der Waals surface area contributed by atoms with E-state index < -0.39 is 29.4 Å². The molecule has 6 atom stereocenters. The van der Waals surface area contributed by atoms with Crippen molar-refractivity contribution in [2.24, 2.45) is 11.1 Å². The van der Waals surface area contributed by atoms with Crippen LogP contribution in [0.2, 0.25) is 5.02 Å². The van der Waals surface area contributed by atoms with Gasteiger partial charge in [0, 0.05) is 10.3 Å². The molecule has 2 saturated heterocycles. The molecule has 0 spiro atoms. The number of primary amides is 1. The number of nitrogens with one attached hydrogen (secondary N) is 2. The van der Waals surface area contributed by atoms with E-state index in [1.165, 1.54) is 11.1 Å². The fourth-order valence-corrected chi connectivity index (χ4v) is 7.95. The monoisotopic (exact) mass is 492 g/mol. The van der Waals surface area contributed by atoms with E-state index in [1.807, 2.05) is 26.0 Å². The highest BCUT2D eigenvalue weighted by atomic mass is 35.5. The first kappa shape index (κ1) is 24.4. The van der Waals surface area contributed by atoms with Crippen molar-refractivity contribution in [2.75, 3.05) is 7.05 Å². The maximum atomic E-state index is 13.8. The number of rotatable bonds is 5. The van der Waals surface area contributed by atoms with Gasteiger partial charge in [0.25, 0.3) is 0 Å². The number of fused-ring (bicyclic) bond motifs is 2. The Hall–Kier alpha value is -1.77. The quantitative estimate of drug-likeness (QED) is 0.585. The van der Waals surface area contributed by atoms with Gasteiger partial charge in [-0.05, 0) is 74.2 Å². The van der Waals surface area contributed by atoms with Crippen LogP contribution in [0, 0.1) is 5.41 Å². The predicted molar refractivity (Wildman–Crippen MR) is 131 cm³/mol. The molecule has 1 aromatic carbocycles. The van der Waals surface area contributed by atoms with Crippen LogP contribution in [0.15, 0.2) is 18.2 Å². The molecule has 0 radical (unpaired) electrons. The van der Waals surface area contributed by atoms with Crippen molar-refractivity contribution in [3.8, 4) is 0 Å². The molecule has 4 unspecified atom stereocenters. The predicted octanol–water partition coefficient (Wildman–Crippen LogP) is 2.41. The topological polar surface area (TPSA) is 105 Å². The first-order chi connectivity index (χ1) is 15.5. The number of likely N-dealkylation sites (N-methyl/N-ethyl adjacent to an activating group) is 1. The van der Waals surface area contributed by atoms with Crippen LogP contribution in [0.5, 0.6) is 0 Å². The van der Waals surface area contributed by atoms with Gasteiger partial charge in [-0.1, -0.05) is 31.5 Å². The molecule has 0 saturated carbocycles. The standard InChI is InChI=1S/C24H33ClN4O3S/c1-12(27-4)22(31)28-17-10-18(16-7-5-13-9-14(25)6-8-15(13)16)33-19-11-24(2,3)20(21(26)30)29(19)23(17)32/h6,8-9,12,16-20,27H,5,7,10-11H2,1-4H3,(H2,26,30)(H,28,31)/t12-,16+,17?,18?,19?,20?/m0/s1. The minimum absolute atomic E-state index is 0.115. The second-order valence-corrected chi connectivity index (χ2v) is 12.0. The lowest BCUT2D eigenvalue weighted by Gasteiger charge is -2.32. The Morgan fingerprint density at radius 3 is 2.73 bits per heavy atom. The molecule has 0 bridgehead atoms. The zero-order valence-corrected chi connectivity index (χ0v) is 21.1. The van der Waals surface area contributed by atoms with E-state index >= 15 is 0 Å². The number of hydrogen-bond acceptors (Lipinski definition) is 5. The second-order valence-electron chi connectivity index (χ2n) is 10.2. The summed E-state index contributed by atoms with van der Waals surface area (Å²) in [4.78, 5) is 40.6. The summed E-state index contributed by atoms with van der Waals surface area (Å²) in [6.45, 7) is 5.74. The molecule has 1 aliphatic carbocycles. The summed E-state index contributed by atoms with van der Waals surface area (Å²) >= 11 is 7.98. The number of aryl methyl sites for hydroxylation is 1. The summed E-state index contributed by atoms with van der Waals surface area (Å²) < 4.78 is 0. The van der Waals surface area contributed by atoms with Crippen LogP contribution in [0.3, 0.4) is 0 Å². The molecule has 33 heavy (non-hydrogen) atoms. The van der Waals surface area contributed by atoms with Crippen LogP contribution < -0.4 is 16.4 Å². The lowest BCUT2D eigenvalue weighted by atomic mass is 9.84. The van der Waals surface area contributed by atoms with Gasteiger partial charge in [-0.3, -0.25) is 14.4 Å². The SMILES string of the molecule is CN[C@@H](C)C(=O)NC1CC([C@@H]2CCc3cc(Cl)ccc32)SC2CC(C)(C)C(C(N)=O)N2C1=O. The van der Waals surface area contributed by atoms with Crippen LogP contribution in [-0.2, 0) is 20.8 Å². The molecule has 3 aliphatic rings. The molecule has 4 N–H and O–H groups in total. The minimum atomic E-state index is -0.706. The van der Waals surface area contributed by atoms with E-state index in [0.717, 1.165) is 17.9 Å². The summed E-state index contributed by atoms with van der Waals surface area (Å²) in [6.07, 6.45) is 3.12. The van der Waals surface area contributed by atoms with E-state index in [2.05, 4.69) is 16.7 Å². The van der Waals surface area contributed by atoms with Crippen molar-refractivity contribution in [3.05, 3.63) is 34.3 Å². The molecule has 1 aromatic rings. The van der Waals surface area contributed by atoms with Gasteiger partial charge < -0.3 is 21.3 Å². The summed E-state index contributed by atoms with van der Waals surface area (Å²) in [6, 6.07) is 4.22. The Kier molecular flexibility index (Phi) is 6.73. The fourth-order valence-electron chi connectivity index (χ4n) is 5.69. The molecule has 7 nitrogen and oxygen atoms in total. The molecule has 2 heterocycles. The maximum Gasteiger partial charge on any atom is 0.246 e. The number of carbonyl (C=O) groups is 3. The molecule has 0 aromatic heterocycles. The van der Waals surface area contributed by atoms with E-state index in [4.69, 9.17) is 17.3 Å². The Labute approximate surface area is 204 Å². The first-order valence-corrected chi connectivity index (χ1v) is 12.9. The van der Waals surface area contributed by atoms with Crippen LogP contribution in [0.4, 0.5) is 0 Å². The third-order valence-electron chi connectivity index (χ3n) is 7.47. The molecule has 4 rings (SSSR count). The number of nitrogens with zero attached hydrogens (tertiary/aromatic N) is 1. The van der Waals surface area contributed by atoms with Crippen molar-refractivity contribution in [2.45, 2.75) is 81.1 Å². The van der Waals surface area contributed by atoms with E-state index in [-0.39, 0.29) is 28.4 Å². The average molecular weight is 493 g/mol. The van der Waals surface area contributed by atoms with E-state index in [1.54, 1.807) is 30.6 Å². The average Bonchev–Trinajstić information content (AvgIpc) is 3.24. The van der Waals surface area contributed by atoms with Gasteiger partial charge in [0.1, 0.15) is 12.1 Å². The van der Waals surface area contributed by atoms with Crippen LogP contribution in [-0.4, -0.2) is 58.4 Å². The zero-order valence-electron chi connectivity index (χ0n) is 19.6. The Balaban J connectivity index is 1.70. The van der Waals surface area contributed by atoms with Gasteiger partial charge in [-0.15, -0.1) is 11.8 Å². The molecular weight excluding hydrogens is 460 g/mol. The number of benzene rings is 1. The van der Waals surface area contributed by atoms with Crippen molar-refractivity contribution >= 4 is 41.1 Å². The number of nitrogens with two attached hydrogens (primary N) is 1. The van der Waals surface area contributed by atoms with E-state index in [9.17, 15) is 14.4 Å². The van der Waals surface area contributed by atoms with Gasteiger partial charge in [0.15, 0.2) is 0 Å². The summed E-state index contributed by atoms with van der Waals surface area (Å²) in [5.74, 6) is -0.683. The number of halogens is 1. The third kappa shape index (κ3) is 4.49. The Bertz CT molecular complexity index is 971. The molecule has 2 aliphatic heterocycles. The largest absolute Gasteiger partial charge is 0.368 e. The van der Waals surface area contributed by atoms with Crippen molar-refractivity contribution in [3.63, 3.8) is 0 Å². The van der Waals surface area contributed by atoms with Crippen molar-refractivity contribution in [1.82, 2.24) is 15.5 Å². The van der Waals surface area contributed by atoms with Crippen molar-refractivity contribution < 1.29 is 14.4 Å². The van der Waals surface area contributed by atoms with Crippen LogP contribution in [0.1, 0.15) is 57.1 Å².